The zero-order valence-corrected chi connectivity index (χ0v) is 14.0. The number of hydrogen-bond donors (Lipinski definition) is 3. The van der Waals surface area contributed by atoms with Crippen molar-refractivity contribution in [2.45, 2.75) is 38.8 Å². The molecule has 0 unspecified atom stereocenters. The Balaban J connectivity index is 2.93. The van der Waals surface area contributed by atoms with Gasteiger partial charge < -0.3 is 15.7 Å². The molecule has 0 aliphatic heterocycles. The number of nitriles is 1. The Kier molecular flexibility index (Phi) is 7.53. The van der Waals surface area contributed by atoms with Crippen LogP contribution in [0, 0.1) is 23.1 Å². The summed E-state index contributed by atoms with van der Waals surface area (Å²) in [7, 11) is 0. The molecular weight excluding hydrogens is 329 g/mol. The lowest BCUT2D eigenvalue weighted by molar-refractivity contribution is -0.143. The lowest BCUT2D eigenvalue weighted by Crippen LogP contribution is -2.53. The second kappa shape index (κ2) is 9.37. The molecule has 25 heavy (non-hydrogen) atoms. The SMILES string of the molecule is CC(=O)N[C@@H](Cc1cccc(F)c1)C(=O)N[C@H](C(=O)O)[C@H](C)CC#N. The van der Waals surface area contributed by atoms with Crippen molar-refractivity contribution in [1.29, 1.82) is 5.26 Å². The molecule has 1 aromatic carbocycles. The number of carboxylic acids is 1. The minimum absolute atomic E-state index is 0.00213. The Morgan fingerprint density at radius 3 is 2.52 bits per heavy atom. The van der Waals surface area contributed by atoms with Gasteiger partial charge in [0.15, 0.2) is 0 Å². The summed E-state index contributed by atoms with van der Waals surface area (Å²) in [6.45, 7) is 2.75. The van der Waals surface area contributed by atoms with E-state index in [1.165, 1.54) is 32.0 Å². The number of nitrogens with zero attached hydrogens (tertiary/aromatic N) is 1. The molecule has 3 atom stereocenters. The van der Waals surface area contributed by atoms with Crippen molar-refractivity contribution in [1.82, 2.24) is 10.6 Å². The van der Waals surface area contributed by atoms with Crippen LogP contribution in [0.15, 0.2) is 24.3 Å². The number of carboxylic acid groups (broad SMARTS) is 1. The monoisotopic (exact) mass is 349 g/mol. The van der Waals surface area contributed by atoms with E-state index in [1.54, 1.807) is 6.07 Å². The number of carbonyl (C=O) groups excluding carboxylic acids is 2. The molecule has 1 rings (SSSR count). The summed E-state index contributed by atoms with van der Waals surface area (Å²) in [5, 5.41) is 22.7. The molecule has 0 spiro atoms. The molecule has 7 nitrogen and oxygen atoms in total. The van der Waals surface area contributed by atoms with E-state index in [9.17, 15) is 23.9 Å². The number of nitrogens with one attached hydrogen (secondary N) is 2. The van der Waals surface area contributed by atoms with Crippen LogP contribution in [0.4, 0.5) is 4.39 Å². The van der Waals surface area contributed by atoms with Gasteiger partial charge in [-0.15, -0.1) is 0 Å². The van der Waals surface area contributed by atoms with Crippen molar-refractivity contribution >= 4 is 17.8 Å². The molecule has 2 amide bonds. The van der Waals surface area contributed by atoms with Crippen molar-refractivity contribution < 1.29 is 23.9 Å². The molecule has 0 saturated heterocycles. The number of carbonyl (C=O) groups is 3. The zero-order chi connectivity index (χ0) is 19.0. The van der Waals surface area contributed by atoms with Crippen LogP contribution in [0.1, 0.15) is 25.8 Å². The van der Waals surface area contributed by atoms with E-state index in [-0.39, 0.29) is 12.8 Å². The highest BCUT2D eigenvalue weighted by molar-refractivity contribution is 5.90. The van der Waals surface area contributed by atoms with E-state index in [4.69, 9.17) is 5.26 Å². The predicted octanol–water partition coefficient (Wildman–Crippen LogP) is 0.992. The molecule has 0 heterocycles. The van der Waals surface area contributed by atoms with E-state index < -0.39 is 41.6 Å². The third-order valence-electron chi connectivity index (χ3n) is 3.57. The molecule has 0 aromatic heterocycles. The maximum Gasteiger partial charge on any atom is 0.326 e. The second-order valence-electron chi connectivity index (χ2n) is 5.75. The number of halogens is 1. The first kappa shape index (κ1) is 20.1. The van der Waals surface area contributed by atoms with E-state index in [2.05, 4.69) is 10.6 Å². The molecular formula is C17H20FN3O4. The summed E-state index contributed by atoms with van der Waals surface area (Å²) in [6.07, 6.45) is -0.0475. The summed E-state index contributed by atoms with van der Waals surface area (Å²) >= 11 is 0. The Morgan fingerprint density at radius 2 is 2.00 bits per heavy atom. The van der Waals surface area contributed by atoms with Crippen LogP contribution in [0.3, 0.4) is 0 Å². The highest BCUT2D eigenvalue weighted by Crippen LogP contribution is 2.10. The molecule has 0 radical (unpaired) electrons. The molecule has 0 saturated carbocycles. The van der Waals surface area contributed by atoms with Crippen LogP contribution in [0.25, 0.3) is 0 Å². The summed E-state index contributed by atoms with van der Waals surface area (Å²) < 4.78 is 13.3. The summed E-state index contributed by atoms with van der Waals surface area (Å²) in [5.41, 5.74) is 0.478. The first-order valence-electron chi connectivity index (χ1n) is 7.66. The largest absolute Gasteiger partial charge is 0.480 e. The fourth-order valence-corrected chi connectivity index (χ4v) is 2.32. The minimum Gasteiger partial charge on any atom is -0.480 e. The van der Waals surface area contributed by atoms with Gasteiger partial charge in [0.1, 0.15) is 17.9 Å². The Labute approximate surface area is 144 Å². The summed E-state index contributed by atoms with van der Waals surface area (Å²) in [6, 6.07) is 5.08. The van der Waals surface area contributed by atoms with Gasteiger partial charge in [-0.2, -0.15) is 5.26 Å². The molecule has 8 heteroatoms. The molecule has 3 N–H and O–H groups in total. The first-order chi connectivity index (χ1) is 11.7. The lowest BCUT2D eigenvalue weighted by atomic mass is 9.98. The standard InChI is InChI=1S/C17H20FN3O4/c1-10(6-7-19)15(17(24)25)21-16(23)14(20-11(2)22)9-12-4-3-5-13(18)8-12/h3-5,8,10,14-15H,6,9H2,1-2H3,(H,20,22)(H,21,23)(H,24,25)/t10-,14+,15+/m1/s1. The normalized spacial score (nSPS) is 13.8. The molecule has 1 aromatic rings. The maximum absolute atomic E-state index is 13.3. The number of aliphatic carboxylic acids is 1. The predicted molar refractivity (Wildman–Crippen MR) is 86.7 cm³/mol. The van der Waals surface area contributed by atoms with Crippen molar-refractivity contribution in [2.24, 2.45) is 5.92 Å². The topological polar surface area (TPSA) is 119 Å². The smallest absolute Gasteiger partial charge is 0.326 e. The van der Waals surface area contributed by atoms with Gasteiger partial charge in [-0.25, -0.2) is 9.18 Å². The van der Waals surface area contributed by atoms with E-state index >= 15 is 0 Å². The Bertz CT molecular complexity index is 687. The molecule has 0 aliphatic rings. The van der Waals surface area contributed by atoms with Gasteiger partial charge in [-0.3, -0.25) is 9.59 Å². The van der Waals surface area contributed by atoms with Crippen LogP contribution in [0.5, 0.6) is 0 Å². The van der Waals surface area contributed by atoms with E-state index in [0.717, 1.165) is 0 Å². The van der Waals surface area contributed by atoms with Crippen molar-refractivity contribution in [2.75, 3.05) is 0 Å². The van der Waals surface area contributed by atoms with Gasteiger partial charge in [0, 0.05) is 25.7 Å². The van der Waals surface area contributed by atoms with Crippen LogP contribution in [-0.4, -0.2) is 35.0 Å². The fraction of sp³-hybridized carbons (Fsp3) is 0.412. The quantitative estimate of drug-likeness (QED) is 0.647. The van der Waals surface area contributed by atoms with Gasteiger partial charge in [-0.05, 0) is 17.7 Å². The van der Waals surface area contributed by atoms with Crippen molar-refractivity contribution in [3.63, 3.8) is 0 Å². The first-order valence-corrected chi connectivity index (χ1v) is 7.66. The number of benzene rings is 1. The highest BCUT2D eigenvalue weighted by atomic mass is 19.1. The van der Waals surface area contributed by atoms with Gasteiger partial charge in [0.25, 0.3) is 0 Å². The number of rotatable bonds is 8. The number of amides is 2. The van der Waals surface area contributed by atoms with Gasteiger partial charge >= 0.3 is 5.97 Å². The highest BCUT2D eigenvalue weighted by Gasteiger charge is 2.30. The van der Waals surface area contributed by atoms with Crippen molar-refractivity contribution in [3.05, 3.63) is 35.6 Å². The number of hydrogen-bond acceptors (Lipinski definition) is 4. The van der Waals surface area contributed by atoms with Crippen LogP contribution in [-0.2, 0) is 20.8 Å². The summed E-state index contributed by atoms with van der Waals surface area (Å²) in [4.78, 5) is 35.1. The average molecular weight is 349 g/mol. The summed E-state index contributed by atoms with van der Waals surface area (Å²) in [5.74, 6) is -3.56. The van der Waals surface area contributed by atoms with Crippen LogP contribution in [0.2, 0.25) is 0 Å². The molecule has 134 valence electrons. The zero-order valence-electron chi connectivity index (χ0n) is 14.0. The lowest BCUT2D eigenvalue weighted by Gasteiger charge is -2.23. The second-order valence-corrected chi connectivity index (χ2v) is 5.75. The van der Waals surface area contributed by atoms with Gasteiger partial charge in [0.2, 0.25) is 11.8 Å². The van der Waals surface area contributed by atoms with Gasteiger partial charge in [-0.1, -0.05) is 19.1 Å². The third kappa shape index (κ3) is 6.59. The van der Waals surface area contributed by atoms with Crippen molar-refractivity contribution in [3.8, 4) is 6.07 Å². The van der Waals surface area contributed by atoms with E-state index in [0.29, 0.717) is 5.56 Å². The van der Waals surface area contributed by atoms with Gasteiger partial charge in [0.05, 0.1) is 6.07 Å². The molecule has 0 aliphatic carbocycles. The Hall–Kier alpha value is -2.95. The average Bonchev–Trinajstić information content (AvgIpc) is 2.51. The van der Waals surface area contributed by atoms with Crippen LogP contribution < -0.4 is 10.6 Å². The fourth-order valence-electron chi connectivity index (χ4n) is 2.32. The van der Waals surface area contributed by atoms with Crippen LogP contribution >= 0.6 is 0 Å². The Morgan fingerprint density at radius 1 is 1.32 bits per heavy atom. The molecule has 0 fully saturated rings. The maximum atomic E-state index is 13.3. The van der Waals surface area contributed by atoms with E-state index in [1.807, 2.05) is 6.07 Å². The minimum atomic E-state index is -1.27. The molecule has 0 bridgehead atoms. The third-order valence-corrected chi connectivity index (χ3v) is 3.57.